The van der Waals surface area contributed by atoms with Crippen molar-refractivity contribution in [3.63, 3.8) is 0 Å². The third-order valence-corrected chi connectivity index (χ3v) is 2.62. The molecule has 0 bridgehead atoms. The molecule has 0 spiro atoms. The molecule has 0 atom stereocenters. The van der Waals surface area contributed by atoms with E-state index >= 15 is 0 Å². The number of carbonyl (C=O) groups excluding carboxylic acids is 1. The van der Waals surface area contributed by atoms with Gasteiger partial charge in [0.15, 0.2) is 6.61 Å². The number of halogens is 3. The topological polar surface area (TPSA) is 71.2 Å². The van der Waals surface area contributed by atoms with Gasteiger partial charge in [-0.25, -0.2) is 0 Å². The quantitative estimate of drug-likeness (QED) is 0.911. The number of amides is 1. The van der Waals surface area contributed by atoms with Crippen molar-refractivity contribution in [3.8, 4) is 5.75 Å². The molecule has 0 saturated carbocycles. The number of para-hydroxylation sites is 1. The van der Waals surface area contributed by atoms with Gasteiger partial charge in [0.1, 0.15) is 11.4 Å². The maximum absolute atomic E-state index is 12.5. The summed E-state index contributed by atoms with van der Waals surface area (Å²) >= 11 is 0. The summed E-state index contributed by atoms with van der Waals surface area (Å²) in [7, 11) is 0. The molecule has 5 nitrogen and oxygen atoms in total. The fourth-order valence-electron chi connectivity index (χ4n) is 1.59. The molecule has 22 heavy (non-hydrogen) atoms. The number of anilines is 1. The normalized spacial score (nSPS) is 11.0. The lowest BCUT2D eigenvalue weighted by atomic mass is 10.2. The second kappa shape index (κ2) is 6.33. The first-order chi connectivity index (χ1) is 10.4. The average Bonchev–Trinajstić information content (AvgIpc) is 2.47. The molecule has 2 aromatic rings. The van der Waals surface area contributed by atoms with Gasteiger partial charge in [-0.05, 0) is 18.2 Å². The number of aromatic amines is 1. The minimum atomic E-state index is -4.62. The van der Waals surface area contributed by atoms with Crippen LogP contribution in [-0.4, -0.2) is 17.5 Å². The van der Waals surface area contributed by atoms with Gasteiger partial charge in [-0.1, -0.05) is 18.2 Å². The van der Waals surface area contributed by atoms with Crippen molar-refractivity contribution in [1.29, 1.82) is 0 Å². The van der Waals surface area contributed by atoms with Gasteiger partial charge in [-0.2, -0.15) is 13.2 Å². The van der Waals surface area contributed by atoms with Crippen LogP contribution >= 0.6 is 0 Å². The van der Waals surface area contributed by atoms with Crippen LogP contribution in [0.4, 0.5) is 18.9 Å². The molecule has 1 heterocycles. The molecule has 0 radical (unpaired) electrons. The van der Waals surface area contributed by atoms with Gasteiger partial charge in [0.05, 0.1) is 5.56 Å². The number of carbonyl (C=O) groups is 1. The van der Waals surface area contributed by atoms with E-state index in [2.05, 4.69) is 5.32 Å². The molecule has 1 aromatic heterocycles. The van der Waals surface area contributed by atoms with Crippen molar-refractivity contribution in [2.45, 2.75) is 6.18 Å². The fourth-order valence-corrected chi connectivity index (χ4v) is 1.59. The van der Waals surface area contributed by atoms with Crippen LogP contribution in [0, 0.1) is 0 Å². The zero-order valence-electron chi connectivity index (χ0n) is 11.1. The second-order valence-corrected chi connectivity index (χ2v) is 4.28. The van der Waals surface area contributed by atoms with Crippen LogP contribution in [0.2, 0.25) is 0 Å². The Hall–Kier alpha value is -2.77. The highest BCUT2D eigenvalue weighted by atomic mass is 19.4. The zero-order chi connectivity index (χ0) is 16.2. The van der Waals surface area contributed by atoms with Crippen LogP contribution in [0.1, 0.15) is 5.56 Å². The molecule has 0 unspecified atom stereocenters. The number of alkyl halides is 3. The van der Waals surface area contributed by atoms with Crippen molar-refractivity contribution in [2.75, 3.05) is 11.9 Å². The smallest absolute Gasteiger partial charge is 0.417 e. The summed E-state index contributed by atoms with van der Waals surface area (Å²) in [5.41, 5.74) is -2.39. The monoisotopic (exact) mass is 312 g/mol. The number of hydrogen-bond acceptors (Lipinski definition) is 3. The largest absolute Gasteiger partial charge is 0.484 e. The molecule has 116 valence electrons. The first-order valence-electron chi connectivity index (χ1n) is 6.14. The van der Waals surface area contributed by atoms with E-state index in [0.717, 1.165) is 0 Å². The highest BCUT2D eigenvalue weighted by Crippen LogP contribution is 2.29. The van der Waals surface area contributed by atoms with Gasteiger partial charge in [0, 0.05) is 6.20 Å². The number of aromatic nitrogens is 1. The third kappa shape index (κ3) is 4.11. The minimum absolute atomic E-state index is 0.426. The highest BCUT2D eigenvalue weighted by Gasteiger charge is 2.31. The molecule has 0 fully saturated rings. The van der Waals surface area contributed by atoms with Gasteiger partial charge < -0.3 is 15.0 Å². The Bertz CT molecular complexity index is 711. The number of benzene rings is 1. The summed E-state index contributed by atoms with van der Waals surface area (Å²) < 4.78 is 42.8. The summed E-state index contributed by atoms with van der Waals surface area (Å²) in [6.07, 6.45) is -4.08. The Kier molecular flexibility index (Phi) is 4.50. The Morgan fingerprint density at radius 3 is 2.55 bits per heavy atom. The summed E-state index contributed by atoms with van der Waals surface area (Å²) in [4.78, 5) is 25.0. The zero-order valence-corrected chi connectivity index (χ0v) is 11.1. The van der Waals surface area contributed by atoms with Crippen molar-refractivity contribution in [3.05, 3.63) is 58.5 Å². The maximum Gasteiger partial charge on any atom is 0.417 e. The van der Waals surface area contributed by atoms with Crippen LogP contribution in [-0.2, 0) is 11.0 Å². The second-order valence-electron chi connectivity index (χ2n) is 4.28. The van der Waals surface area contributed by atoms with Crippen molar-refractivity contribution >= 4 is 11.6 Å². The van der Waals surface area contributed by atoms with Gasteiger partial charge in [0.25, 0.3) is 11.5 Å². The van der Waals surface area contributed by atoms with E-state index in [4.69, 9.17) is 4.74 Å². The number of rotatable bonds is 4. The lowest BCUT2D eigenvalue weighted by molar-refractivity contribution is -0.137. The van der Waals surface area contributed by atoms with Gasteiger partial charge in [-0.15, -0.1) is 0 Å². The van der Waals surface area contributed by atoms with E-state index in [1.807, 2.05) is 4.98 Å². The predicted octanol–water partition coefficient (Wildman–Crippen LogP) is 2.41. The first-order valence-corrected chi connectivity index (χ1v) is 6.14. The molecule has 0 aliphatic rings. The maximum atomic E-state index is 12.5. The van der Waals surface area contributed by atoms with E-state index in [1.165, 1.54) is 0 Å². The summed E-state index contributed by atoms with van der Waals surface area (Å²) in [5.74, 6) is -0.315. The van der Waals surface area contributed by atoms with E-state index < -0.39 is 35.5 Å². The highest BCUT2D eigenvalue weighted by molar-refractivity contribution is 5.91. The van der Waals surface area contributed by atoms with Crippen molar-refractivity contribution < 1.29 is 22.7 Å². The van der Waals surface area contributed by atoms with Crippen LogP contribution in [0.15, 0.2) is 47.4 Å². The number of pyridine rings is 1. The number of nitrogens with one attached hydrogen (secondary N) is 2. The Morgan fingerprint density at radius 1 is 1.23 bits per heavy atom. The summed E-state index contributed by atoms with van der Waals surface area (Å²) in [6, 6.07) is 8.96. The van der Waals surface area contributed by atoms with Crippen LogP contribution in [0.3, 0.4) is 0 Å². The Balaban J connectivity index is 2.04. The van der Waals surface area contributed by atoms with Crippen LogP contribution in [0.5, 0.6) is 5.75 Å². The molecule has 8 heteroatoms. The molecule has 1 aromatic carbocycles. The van der Waals surface area contributed by atoms with Gasteiger partial charge in [-0.3, -0.25) is 9.59 Å². The Morgan fingerprint density at radius 2 is 1.91 bits per heavy atom. The molecular weight excluding hydrogens is 301 g/mol. The minimum Gasteiger partial charge on any atom is -0.484 e. The van der Waals surface area contributed by atoms with Gasteiger partial charge >= 0.3 is 6.18 Å². The van der Waals surface area contributed by atoms with E-state index in [1.54, 1.807) is 30.3 Å². The molecule has 0 aliphatic heterocycles. The summed E-state index contributed by atoms with van der Waals surface area (Å²) in [6.45, 7) is -0.431. The van der Waals surface area contributed by atoms with Crippen LogP contribution in [0.25, 0.3) is 0 Å². The molecule has 0 saturated heterocycles. The summed E-state index contributed by atoms with van der Waals surface area (Å²) in [5, 5.41) is 2.09. The molecule has 2 rings (SSSR count). The lowest BCUT2D eigenvalue weighted by Gasteiger charge is -2.09. The number of H-pyrrole nitrogens is 1. The molecule has 0 aliphatic carbocycles. The van der Waals surface area contributed by atoms with Crippen molar-refractivity contribution in [1.82, 2.24) is 4.98 Å². The number of ether oxygens (including phenoxy) is 1. The average molecular weight is 312 g/mol. The van der Waals surface area contributed by atoms with E-state index in [0.29, 0.717) is 18.0 Å². The molecule has 1 amide bonds. The van der Waals surface area contributed by atoms with E-state index in [-0.39, 0.29) is 0 Å². The fraction of sp³-hybridized carbons (Fsp3) is 0.143. The van der Waals surface area contributed by atoms with Crippen LogP contribution < -0.4 is 15.6 Å². The standard InChI is InChI=1S/C14H11F3N2O3/c15-14(16,17)9-6-11(13(21)18-7-9)19-12(20)8-22-10-4-2-1-3-5-10/h1-7H,8H2,(H,18,21)(H,19,20). The third-order valence-electron chi connectivity index (χ3n) is 2.62. The predicted molar refractivity (Wildman–Crippen MR) is 72.6 cm³/mol. The molecular formula is C14H11F3N2O3. The van der Waals surface area contributed by atoms with E-state index in [9.17, 15) is 22.8 Å². The van der Waals surface area contributed by atoms with Gasteiger partial charge in [0.2, 0.25) is 0 Å². The molecule has 2 N–H and O–H groups in total. The van der Waals surface area contributed by atoms with Crippen molar-refractivity contribution in [2.24, 2.45) is 0 Å². The number of hydrogen-bond donors (Lipinski definition) is 2. The SMILES string of the molecule is O=C(COc1ccccc1)Nc1cc(C(F)(F)F)c[nH]c1=O. The first kappa shape index (κ1) is 15.6. The Labute approximate surface area is 122 Å². The lowest BCUT2D eigenvalue weighted by Crippen LogP contribution is -2.25.